The van der Waals surface area contributed by atoms with Gasteiger partial charge in [0.05, 0.1) is 5.84 Å². The predicted octanol–water partition coefficient (Wildman–Crippen LogP) is 0.575. The van der Waals surface area contributed by atoms with Crippen LogP contribution in [0.1, 0.15) is 6.92 Å². The fraction of sp³-hybridized carbons (Fsp3) is 0.500. The standard InChI is InChI=1S/C2H8N2P2/c1-2(3-5)4-6/h5-6H2,1H3,(H,3,4). The first-order chi connectivity index (χ1) is 2.81. The second kappa shape index (κ2) is 3.52. The van der Waals surface area contributed by atoms with Gasteiger partial charge >= 0.3 is 0 Å². The highest BCUT2D eigenvalue weighted by atomic mass is 31.0. The Morgan fingerprint density at radius 2 is 2.33 bits per heavy atom. The minimum absolute atomic E-state index is 0.894. The molecule has 4 heteroatoms. The van der Waals surface area contributed by atoms with Crippen LogP contribution in [0.5, 0.6) is 0 Å². The molecule has 0 aliphatic heterocycles. The van der Waals surface area contributed by atoms with Crippen LogP contribution in [-0.2, 0) is 0 Å². The van der Waals surface area contributed by atoms with Crippen LogP contribution in [0.15, 0.2) is 4.76 Å². The van der Waals surface area contributed by atoms with Gasteiger partial charge in [0, 0.05) is 0 Å². The van der Waals surface area contributed by atoms with E-state index in [-0.39, 0.29) is 0 Å². The van der Waals surface area contributed by atoms with Gasteiger partial charge < -0.3 is 5.09 Å². The van der Waals surface area contributed by atoms with Gasteiger partial charge in [0.25, 0.3) is 0 Å². The number of amidine groups is 1. The number of rotatable bonds is 0. The summed E-state index contributed by atoms with van der Waals surface area (Å²) in [5, 5.41) is 2.76. The maximum absolute atomic E-state index is 3.71. The number of hydrogen-bond acceptors (Lipinski definition) is 1. The molecule has 0 fully saturated rings. The molecule has 0 aromatic carbocycles. The van der Waals surface area contributed by atoms with Crippen LogP contribution >= 0.6 is 18.8 Å². The Labute approximate surface area is 42.3 Å². The molecule has 2 atom stereocenters. The van der Waals surface area contributed by atoms with Crippen LogP contribution in [0, 0.1) is 0 Å². The molecule has 2 unspecified atom stereocenters. The Bertz CT molecular complexity index is 60.6. The molecule has 0 aliphatic rings. The summed E-state index contributed by atoms with van der Waals surface area (Å²) in [6, 6.07) is 0. The van der Waals surface area contributed by atoms with Crippen LogP contribution in [0.4, 0.5) is 0 Å². The van der Waals surface area contributed by atoms with Crippen LogP contribution in [-0.4, -0.2) is 5.84 Å². The Morgan fingerprint density at radius 3 is 2.33 bits per heavy atom. The summed E-state index contributed by atoms with van der Waals surface area (Å²) in [5.74, 6) is 0.894. The summed E-state index contributed by atoms with van der Waals surface area (Å²) in [6.45, 7) is 1.88. The molecule has 0 aromatic heterocycles. The Balaban J connectivity index is 3.22. The van der Waals surface area contributed by atoms with E-state index in [9.17, 15) is 0 Å². The molecule has 0 saturated carbocycles. The topological polar surface area (TPSA) is 24.4 Å². The van der Waals surface area contributed by atoms with Crippen LogP contribution in [0.3, 0.4) is 0 Å². The number of nitrogens with one attached hydrogen (secondary N) is 1. The first kappa shape index (κ1) is 6.33. The van der Waals surface area contributed by atoms with E-state index in [4.69, 9.17) is 0 Å². The first-order valence-corrected chi connectivity index (χ1v) is 2.61. The Kier molecular flexibility index (Phi) is 3.71. The van der Waals surface area contributed by atoms with Crippen molar-refractivity contribution in [3.05, 3.63) is 0 Å². The van der Waals surface area contributed by atoms with Crippen molar-refractivity contribution in [1.29, 1.82) is 0 Å². The Hall–Kier alpha value is 0.330. The van der Waals surface area contributed by atoms with Crippen molar-refractivity contribution in [2.75, 3.05) is 0 Å². The van der Waals surface area contributed by atoms with E-state index in [1.54, 1.807) is 0 Å². The van der Waals surface area contributed by atoms with Crippen molar-refractivity contribution in [1.82, 2.24) is 5.09 Å². The average Bonchev–Trinajstić information content (AvgIpc) is 1.65. The van der Waals surface area contributed by atoms with E-state index in [1.165, 1.54) is 0 Å². The Morgan fingerprint density at radius 1 is 1.83 bits per heavy atom. The third kappa shape index (κ3) is 2.56. The number of nitrogens with zero attached hydrogens (tertiary/aromatic N) is 1. The molecular weight excluding hydrogens is 114 g/mol. The van der Waals surface area contributed by atoms with Crippen molar-refractivity contribution in [2.24, 2.45) is 4.76 Å². The fourth-order valence-electron chi connectivity index (χ4n) is 0.0373. The van der Waals surface area contributed by atoms with Gasteiger partial charge in [0.2, 0.25) is 0 Å². The van der Waals surface area contributed by atoms with Gasteiger partial charge in [-0.05, 0) is 25.7 Å². The monoisotopic (exact) mass is 122 g/mol. The lowest BCUT2D eigenvalue weighted by Gasteiger charge is -1.89. The lowest BCUT2D eigenvalue weighted by Crippen LogP contribution is -2.03. The lowest BCUT2D eigenvalue weighted by atomic mass is 10.8. The second-order valence-electron chi connectivity index (χ2n) is 0.859. The van der Waals surface area contributed by atoms with Crippen LogP contribution in [0.2, 0.25) is 0 Å². The predicted molar refractivity (Wildman–Crippen MR) is 35.7 cm³/mol. The summed E-state index contributed by atoms with van der Waals surface area (Å²) in [4.78, 5) is 0. The molecule has 0 amide bonds. The molecule has 0 bridgehead atoms. The summed E-state index contributed by atoms with van der Waals surface area (Å²) in [5.41, 5.74) is 0. The molecule has 1 N–H and O–H groups in total. The zero-order valence-corrected chi connectivity index (χ0v) is 5.91. The van der Waals surface area contributed by atoms with Crippen molar-refractivity contribution >= 4 is 24.6 Å². The van der Waals surface area contributed by atoms with Crippen molar-refractivity contribution < 1.29 is 0 Å². The molecule has 0 saturated heterocycles. The van der Waals surface area contributed by atoms with Crippen molar-refractivity contribution in [2.45, 2.75) is 6.92 Å². The second-order valence-corrected chi connectivity index (χ2v) is 1.41. The summed E-state index contributed by atoms with van der Waals surface area (Å²) >= 11 is 0. The van der Waals surface area contributed by atoms with E-state index >= 15 is 0 Å². The van der Waals surface area contributed by atoms with Crippen LogP contribution in [0.25, 0.3) is 0 Å². The molecule has 0 spiro atoms. The van der Waals surface area contributed by atoms with Crippen LogP contribution < -0.4 is 5.09 Å². The van der Waals surface area contributed by atoms with E-state index in [0.717, 1.165) is 5.84 Å². The largest absolute Gasteiger partial charge is 0.358 e. The summed E-state index contributed by atoms with van der Waals surface area (Å²) in [6.07, 6.45) is 0. The van der Waals surface area contributed by atoms with Gasteiger partial charge in [0.1, 0.15) is 0 Å². The highest BCUT2D eigenvalue weighted by Crippen LogP contribution is 1.83. The van der Waals surface area contributed by atoms with E-state index in [1.807, 2.05) is 6.92 Å². The molecule has 0 aliphatic carbocycles. The third-order valence-electron chi connectivity index (χ3n) is 0.403. The van der Waals surface area contributed by atoms with E-state index in [2.05, 4.69) is 28.6 Å². The summed E-state index contributed by atoms with van der Waals surface area (Å²) < 4.78 is 3.71. The van der Waals surface area contributed by atoms with Crippen molar-refractivity contribution in [3.63, 3.8) is 0 Å². The quantitative estimate of drug-likeness (QED) is 0.283. The molecular formula is C2H8N2P2. The summed E-state index contributed by atoms with van der Waals surface area (Å²) in [7, 11) is 4.60. The first-order valence-electron chi connectivity index (χ1n) is 1.52. The molecule has 0 radical (unpaired) electrons. The number of hydrogen-bond donors (Lipinski definition) is 1. The molecule has 0 heterocycles. The highest BCUT2D eigenvalue weighted by molar-refractivity contribution is 7.17. The van der Waals surface area contributed by atoms with Gasteiger partial charge in [-0.15, -0.1) is 0 Å². The molecule has 6 heavy (non-hydrogen) atoms. The van der Waals surface area contributed by atoms with Gasteiger partial charge in [0.15, 0.2) is 0 Å². The highest BCUT2D eigenvalue weighted by Gasteiger charge is 1.71. The van der Waals surface area contributed by atoms with Crippen molar-refractivity contribution in [3.8, 4) is 0 Å². The minimum Gasteiger partial charge on any atom is -0.358 e. The molecule has 0 rings (SSSR count). The fourth-order valence-corrected chi connectivity index (χ4v) is 0.335. The molecule has 2 nitrogen and oxygen atoms in total. The zero-order chi connectivity index (χ0) is 4.99. The van der Waals surface area contributed by atoms with E-state index in [0.29, 0.717) is 0 Å². The van der Waals surface area contributed by atoms with Gasteiger partial charge in [-0.3, -0.25) is 4.76 Å². The van der Waals surface area contributed by atoms with Gasteiger partial charge in [-0.1, -0.05) is 0 Å². The maximum atomic E-state index is 3.71. The SMILES string of the molecule is C/C(=N/P)NP. The molecule has 36 valence electrons. The normalized spacial score (nSPS) is 11.5. The maximum Gasteiger partial charge on any atom is 0.0994 e. The molecule has 0 aromatic rings. The smallest absolute Gasteiger partial charge is 0.0994 e. The minimum atomic E-state index is 0.894. The van der Waals surface area contributed by atoms with Gasteiger partial charge in [-0.25, -0.2) is 0 Å². The third-order valence-corrected chi connectivity index (χ3v) is 1.21. The zero-order valence-electron chi connectivity index (χ0n) is 3.60. The lowest BCUT2D eigenvalue weighted by molar-refractivity contribution is 1.47. The van der Waals surface area contributed by atoms with E-state index < -0.39 is 0 Å². The average molecular weight is 122 g/mol. The van der Waals surface area contributed by atoms with Gasteiger partial charge in [-0.2, -0.15) is 0 Å².